The number of aliphatic hydroxyl groups is 1. The molecule has 0 bridgehead atoms. The zero-order valence-electron chi connectivity index (χ0n) is 11.1. The summed E-state index contributed by atoms with van der Waals surface area (Å²) >= 11 is 0. The zero-order chi connectivity index (χ0) is 13.8. The maximum atomic E-state index is 12.0. The molecule has 1 heterocycles. The zero-order valence-corrected chi connectivity index (χ0v) is 11.1. The second-order valence-corrected chi connectivity index (χ2v) is 5.53. The molecule has 2 rings (SSSR count). The number of amides is 2. The molecule has 108 valence electrons. The molecule has 0 spiro atoms. The molecular formula is C13H22N2O4. The predicted molar refractivity (Wildman–Crippen MR) is 68.2 cm³/mol. The quantitative estimate of drug-likeness (QED) is 0.735. The van der Waals surface area contributed by atoms with Gasteiger partial charge in [-0.15, -0.1) is 0 Å². The van der Waals surface area contributed by atoms with E-state index in [-0.39, 0.29) is 13.0 Å². The van der Waals surface area contributed by atoms with Crippen LogP contribution in [0.2, 0.25) is 0 Å². The van der Waals surface area contributed by atoms with Gasteiger partial charge in [0.15, 0.2) is 0 Å². The van der Waals surface area contributed by atoms with E-state index in [1.54, 1.807) is 0 Å². The van der Waals surface area contributed by atoms with Gasteiger partial charge in [0, 0.05) is 13.0 Å². The maximum absolute atomic E-state index is 12.0. The SMILES string of the molecule is NC(=O)N1C[C@H](O)C[C@H]1C(=O)OCC1CCCCC1. The summed E-state index contributed by atoms with van der Waals surface area (Å²) in [5.41, 5.74) is 5.20. The molecule has 2 atom stereocenters. The third kappa shape index (κ3) is 3.59. The first-order valence-corrected chi connectivity index (χ1v) is 6.98. The van der Waals surface area contributed by atoms with Crippen molar-refractivity contribution in [2.24, 2.45) is 11.7 Å². The van der Waals surface area contributed by atoms with E-state index < -0.39 is 24.1 Å². The van der Waals surface area contributed by atoms with Crippen LogP contribution in [0.5, 0.6) is 0 Å². The number of likely N-dealkylation sites (tertiary alicyclic amines) is 1. The summed E-state index contributed by atoms with van der Waals surface area (Å²) in [6, 6.07) is -1.41. The molecule has 1 aliphatic carbocycles. The third-order valence-electron chi connectivity index (χ3n) is 4.02. The highest BCUT2D eigenvalue weighted by atomic mass is 16.5. The fourth-order valence-electron chi connectivity index (χ4n) is 2.93. The Balaban J connectivity index is 1.82. The smallest absolute Gasteiger partial charge is 0.329 e. The van der Waals surface area contributed by atoms with Gasteiger partial charge in [0.2, 0.25) is 0 Å². The van der Waals surface area contributed by atoms with Crippen LogP contribution in [0, 0.1) is 5.92 Å². The molecule has 2 aliphatic rings. The van der Waals surface area contributed by atoms with Crippen molar-refractivity contribution in [3.05, 3.63) is 0 Å². The summed E-state index contributed by atoms with van der Waals surface area (Å²) < 4.78 is 5.29. The molecule has 0 aromatic heterocycles. The van der Waals surface area contributed by atoms with Gasteiger partial charge in [0.25, 0.3) is 0 Å². The molecule has 2 amide bonds. The molecule has 0 radical (unpaired) electrons. The molecule has 1 saturated heterocycles. The number of esters is 1. The van der Waals surface area contributed by atoms with Gasteiger partial charge in [-0.05, 0) is 18.8 Å². The van der Waals surface area contributed by atoms with Crippen LogP contribution in [-0.4, -0.2) is 47.3 Å². The van der Waals surface area contributed by atoms with Crippen molar-refractivity contribution in [1.82, 2.24) is 4.90 Å². The normalized spacial score (nSPS) is 28.4. The molecule has 0 unspecified atom stereocenters. The predicted octanol–water partition coefficient (Wildman–Crippen LogP) is 0.624. The number of carbonyl (C=O) groups excluding carboxylic acids is 2. The fraction of sp³-hybridized carbons (Fsp3) is 0.846. The van der Waals surface area contributed by atoms with Crippen LogP contribution < -0.4 is 5.73 Å². The highest BCUT2D eigenvalue weighted by Gasteiger charge is 2.39. The summed E-state index contributed by atoms with van der Waals surface area (Å²) in [4.78, 5) is 24.4. The molecule has 1 saturated carbocycles. The number of nitrogens with zero attached hydrogens (tertiary/aromatic N) is 1. The molecule has 6 heteroatoms. The molecule has 0 aromatic rings. The second kappa shape index (κ2) is 6.23. The first kappa shape index (κ1) is 14.1. The van der Waals surface area contributed by atoms with Crippen molar-refractivity contribution >= 4 is 12.0 Å². The van der Waals surface area contributed by atoms with Crippen molar-refractivity contribution in [2.75, 3.05) is 13.2 Å². The maximum Gasteiger partial charge on any atom is 0.329 e. The monoisotopic (exact) mass is 270 g/mol. The highest BCUT2D eigenvalue weighted by Crippen LogP contribution is 2.25. The van der Waals surface area contributed by atoms with Crippen molar-refractivity contribution in [3.8, 4) is 0 Å². The van der Waals surface area contributed by atoms with E-state index in [0.717, 1.165) is 12.8 Å². The first-order valence-electron chi connectivity index (χ1n) is 6.98. The Kier molecular flexibility index (Phi) is 4.63. The minimum atomic E-state index is -0.726. The summed E-state index contributed by atoms with van der Waals surface area (Å²) in [6.07, 6.45) is 5.36. The Labute approximate surface area is 112 Å². The van der Waals surface area contributed by atoms with Crippen molar-refractivity contribution in [3.63, 3.8) is 0 Å². The lowest BCUT2D eigenvalue weighted by molar-refractivity contribution is -0.149. The van der Waals surface area contributed by atoms with E-state index in [1.165, 1.54) is 24.2 Å². The van der Waals surface area contributed by atoms with Gasteiger partial charge in [0.05, 0.1) is 12.7 Å². The van der Waals surface area contributed by atoms with Gasteiger partial charge in [-0.1, -0.05) is 19.3 Å². The van der Waals surface area contributed by atoms with Crippen molar-refractivity contribution < 1.29 is 19.4 Å². The number of aliphatic hydroxyl groups excluding tert-OH is 1. The van der Waals surface area contributed by atoms with Crippen molar-refractivity contribution in [2.45, 2.75) is 50.7 Å². The number of rotatable bonds is 3. The Hall–Kier alpha value is -1.30. The number of primary amides is 1. The number of hydrogen-bond donors (Lipinski definition) is 2. The summed E-state index contributed by atoms with van der Waals surface area (Å²) in [5.74, 6) is -0.00743. The van der Waals surface area contributed by atoms with Gasteiger partial charge >= 0.3 is 12.0 Å². The molecular weight excluding hydrogens is 248 g/mol. The molecule has 6 nitrogen and oxygen atoms in total. The van der Waals surface area contributed by atoms with Crippen LogP contribution in [0.15, 0.2) is 0 Å². The minimum Gasteiger partial charge on any atom is -0.464 e. The van der Waals surface area contributed by atoms with Gasteiger partial charge in [-0.25, -0.2) is 9.59 Å². The molecule has 3 N–H and O–H groups in total. The molecule has 0 aromatic carbocycles. The van der Waals surface area contributed by atoms with Crippen LogP contribution in [0.3, 0.4) is 0 Å². The summed E-state index contributed by atoms with van der Waals surface area (Å²) in [7, 11) is 0. The molecule has 1 aliphatic heterocycles. The summed E-state index contributed by atoms with van der Waals surface area (Å²) in [6.45, 7) is 0.524. The molecule has 19 heavy (non-hydrogen) atoms. The average molecular weight is 270 g/mol. The Morgan fingerprint density at radius 1 is 1.26 bits per heavy atom. The minimum absolute atomic E-state index is 0.110. The first-order chi connectivity index (χ1) is 9.08. The number of nitrogens with two attached hydrogens (primary N) is 1. The van der Waals surface area contributed by atoms with Gasteiger partial charge in [-0.2, -0.15) is 0 Å². The number of β-amino-alcohol motifs (C(OH)–C–C–N with tert-alkyl or cyclic N) is 1. The number of carbonyl (C=O) groups is 2. The lowest BCUT2D eigenvalue weighted by Gasteiger charge is -2.24. The van der Waals surface area contributed by atoms with Crippen LogP contribution in [0.25, 0.3) is 0 Å². The third-order valence-corrected chi connectivity index (χ3v) is 4.02. The number of urea groups is 1. The Morgan fingerprint density at radius 3 is 2.58 bits per heavy atom. The van der Waals surface area contributed by atoms with E-state index >= 15 is 0 Å². The van der Waals surface area contributed by atoms with E-state index in [1.807, 2.05) is 0 Å². The van der Waals surface area contributed by atoms with Crippen LogP contribution in [0.4, 0.5) is 4.79 Å². The topological polar surface area (TPSA) is 92.9 Å². The largest absolute Gasteiger partial charge is 0.464 e. The molecule has 2 fully saturated rings. The lowest BCUT2D eigenvalue weighted by atomic mass is 9.90. The summed E-state index contributed by atoms with van der Waals surface area (Å²) in [5, 5.41) is 9.53. The second-order valence-electron chi connectivity index (χ2n) is 5.53. The van der Waals surface area contributed by atoms with Crippen LogP contribution >= 0.6 is 0 Å². The van der Waals surface area contributed by atoms with E-state index in [0.29, 0.717) is 12.5 Å². The van der Waals surface area contributed by atoms with Crippen LogP contribution in [-0.2, 0) is 9.53 Å². The Bertz CT molecular complexity index is 342. The van der Waals surface area contributed by atoms with Gasteiger partial charge in [0.1, 0.15) is 6.04 Å². The van der Waals surface area contributed by atoms with E-state index in [9.17, 15) is 14.7 Å². The standard InChI is InChI=1S/C13H22N2O4/c14-13(18)15-7-10(16)6-11(15)12(17)19-8-9-4-2-1-3-5-9/h9-11,16H,1-8H2,(H2,14,18)/t10-,11+/m1/s1. The Morgan fingerprint density at radius 2 is 1.95 bits per heavy atom. The van der Waals surface area contributed by atoms with E-state index in [2.05, 4.69) is 0 Å². The van der Waals surface area contributed by atoms with Gasteiger partial charge in [-0.3, -0.25) is 0 Å². The van der Waals surface area contributed by atoms with Crippen molar-refractivity contribution in [1.29, 1.82) is 0 Å². The number of hydrogen-bond acceptors (Lipinski definition) is 4. The van der Waals surface area contributed by atoms with Crippen LogP contribution in [0.1, 0.15) is 38.5 Å². The number of ether oxygens (including phenoxy) is 1. The fourth-order valence-corrected chi connectivity index (χ4v) is 2.93. The average Bonchev–Trinajstić information content (AvgIpc) is 2.79. The van der Waals surface area contributed by atoms with Gasteiger partial charge < -0.3 is 20.5 Å². The lowest BCUT2D eigenvalue weighted by Crippen LogP contribution is -2.44. The highest BCUT2D eigenvalue weighted by molar-refractivity contribution is 5.83. The van der Waals surface area contributed by atoms with E-state index in [4.69, 9.17) is 10.5 Å².